The van der Waals surface area contributed by atoms with E-state index < -0.39 is 0 Å². The van der Waals surface area contributed by atoms with Crippen LogP contribution in [0.1, 0.15) is 16.9 Å². The number of aromatic nitrogens is 1. The predicted molar refractivity (Wildman–Crippen MR) is 89.6 cm³/mol. The summed E-state index contributed by atoms with van der Waals surface area (Å²) in [5.74, 6) is 0.0310. The number of hydrogen-bond donors (Lipinski definition) is 1. The molecule has 1 fully saturated rings. The van der Waals surface area contributed by atoms with Crippen LogP contribution in [0, 0.1) is 0 Å². The molecule has 0 radical (unpaired) electrons. The van der Waals surface area contributed by atoms with Gasteiger partial charge in [0, 0.05) is 24.5 Å². The van der Waals surface area contributed by atoms with Crippen molar-refractivity contribution in [2.24, 2.45) is 0 Å². The SMILES string of the molecule is CNC1CCN(C(=O)c2ccc3ccccc3n2)C1.Cl.Cl. The van der Waals surface area contributed by atoms with Crippen LogP contribution in [0.25, 0.3) is 10.9 Å². The first kappa shape index (κ1) is 17.7. The highest BCUT2D eigenvalue weighted by Crippen LogP contribution is 2.16. The molecule has 0 saturated carbocycles. The highest BCUT2D eigenvalue weighted by atomic mass is 35.5. The fourth-order valence-corrected chi connectivity index (χ4v) is 2.53. The number of hydrogen-bond acceptors (Lipinski definition) is 3. The van der Waals surface area contributed by atoms with Crippen molar-refractivity contribution in [3.63, 3.8) is 0 Å². The third-order valence-corrected chi connectivity index (χ3v) is 3.70. The zero-order chi connectivity index (χ0) is 13.2. The van der Waals surface area contributed by atoms with Crippen LogP contribution >= 0.6 is 24.8 Å². The van der Waals surface area contributed by atoms with Gasteiger partial charge in [-0.3, -0.25) is 4.79 Å². The van der Waals surface area contributed by atoms with Gasteiger partial charge >= 0.3 is 0 Å². The van der Waals surface area contributed by atoms with Gasteiger partial charge in [0.05, 0.1) is 5.52 Å². The van der Waals surface area contributed by atoms with Crippen molar-refractivity contribution in [3.8, 4) is 0 Å². The van der Waals surface area contributed by atoms with Crippen LogP contribution in [-0.4, -0.2) is 42.0 Å². The van der Waals surface area contributed by atoms with E-state index >= 15 is 0 Å². The van der Waals surface area contributed by atoms with Gasteiger partial charge in [0.25, 0.3) is 5.91 Å². The summed E-state index contributed by atoms with van der Waals surface area (Å²) in [6.07, 6.45) is 1.01. The molecule has 1 unspecified atom stereocenters. The first-order valence-electron chi connectivity index (χ1n) is 6.60. The fraction of sp³-hybridized carbons (Fsp3) is 0.333. The zero-order valence-electron chi connectivity index (χ0n) is 11.8. The maximum absolute atomic E-state index is 12.4. The van der Waals surface area contributed by atoms with Gasteiger partial charge in [-0.05, 0) is 25.6 Å². The number of halogens is 2. The van der Waals surface area contributed by atoms with E-state index in [-0.39, 0.29) is 30.7 Å². The first-order chi connectivity index (χ1) is 9.28. The first-order valence-corrected chi connectivity index (χ1v) is 6.60. The van der Waals surface area contributed by atoms with Crippen molar-refractivity contribution in [1.29, 1.82) is 0 Å². The molecule has 1 atom stereocenters. The quantitative estimate of drug-likeness (QED) is 0.921. The molecule has 1 N–H and O–H groups in total. The van der Waals surface area contributed by atoms with E-state index in [1.807, 2.05) is 48.3 Å². The van der Waals surface area contributed by atoms with Crippen LogP contribution in [0.4, 0.5) is 0 Å². The molecule has 1 aliphatic heterocycles. The number of likely N-dealkylation sites (tertiary alicyclic amines) is 1. The molecule has 1 aromatic carbocycles. The number of nitrogens with one attached hydrogen (secondary N) is 1. The molecule has 6 heteroatoms. The molecule has 0 spiro atoms. The number of rotatable bonds is 2. The lowest BCUT2D eigenvalue weighted by Gasteiger charge is -2.16. The molecule has 2 heterocycles. The fourth-order valence-electron chi connectivity index (χ4n) is 2.53. The Bertz CT molecular complexity index is 621. The third kappa shape index (κ3) is 3.64. The lowest BCUT2D eigenvalue weighted by Crippen LogP contribution is -2.33. The minimum Gasteiger partial charge on any atom is -0.336 e. The minimum atomic E-state index is 0. The normalized spacial score (nSPS) is 17.2. The standard InChI is InChI=1S/C15H17N3O.2ClH/c1-16-12-8-9-18(10-12)15(19)14-7-6-11-4-2-3-5-13(11)17-14;;/h2-7,12,16H,8-10H2,1H3;2*1H. The van der Waals surface area contributed by atoms with E-state index in [1.54, 1.807) is 0 Å². The Hall–Kier alpha value is -1.36. The molecule has 4 nitrogen and oxygen atoms in total. The van der Waals surface area contributed by atoms with Crippen LogP contribution in [-0.2, 0) is 0 Å². The number of amides is 1. The number of para-hydroxylation sites is 1. The van der Waals surface area contributed by atoms with Crippen molar-refractivity contribution >= 4 is 41.6 Å². The van der Waals surface area contributed by atoms with E-state index in [1.165, 1.54) is 0 Å². The van der Waals surface area contributed by atoms with E-state index in [0.717, 1.165) is 30.4 Å². The van der Waals surface area contributed by atoms with Gasteiger partial charge in [0.15, 0.2) is 0 Å². The molecule has 114 valence electrons. The summed E-state index contributed by atoms with van der Waals surface area (Å²) in [6.45, 7) is 1.57. The Kier molecular flexibility index (Phi) is 6.40. The number of carbonyl (C=O) groups excluding carboxylic acids is 1. The number of nitrogens with zero attached hydrogens (tertiary/aromatic N) is 2. The van der Waals surface area contributed by atoms with Crippen molar-refractivity contribution < 1.29 is 4.79 Å². The second-order valence-corrected chi connectivity index (χ2v) is 4.91. The molecule has 0 bridgehead atoms. The topological polar surface area (TPSA) is 45.2 Å². The van der Waals surface area contributed by atoms with Gasteiger partial charge in [-0.25, -0.2) is 4.98 Å². The van der Waals surface area contributed by atoms with Gasteiger partial charge in [0.2, 0.25) is 0 Å². The van der Waals surface area contributed by atoms with Gasteiger partial charge in [-0.1, -0.05) is 24.3 Å². The lowest BCUT2D eigenvalue weighted by atomic mass is 10.2. The average Bonchev–Trinajstić information content (AvgIpc) is 2.95. The van der Waals surface area contributed by atoms with Crippen molar-refractivity contribution in [3.05, 3.63) is 42.1 Å². The Morgan fingerprint density at radius 1 is 1.24 bits per heavy atom. The van der Waals surface area contributed by atoms with E-state index in [0.29, 0.717) is 11.7 Å². The zero-order valence-corrected chi connectivity index (χ0v) is 13.4. The van der Waals surface area contributed by atoms with Gasteiger partial charge < -0.3 is 10.2 Å². The van der Waals surface area contributed by atoms with E-state index in [2.05, 4.69) is 10.3 Å². The molecule has 1 amide bonds. The second kappa shape index (κ2) is 7.59. The van der Waals surface area contributed by atoms with Crippen molar-refractivity contribution in [2.45, 2.75) is 12.5 Å². The van der Waals surface area contributed by atoms with Gasteiger partial charge in [0.1, 0.15) is 5.69 Å². The smallest absolute Gasteiger partial charge is 0.272 e. The van der Waals surface area contributed by atoms with Crippen molar-refractivity contribution in [1.82, 2.24) is 15.2 Å². The molecular weight excluding hydrogens is 309 g/mol. The Morgan fingerprint density at radius 3 is 2.71 bits per heavy atom. The average molecular weight is 328 g/mol. The Balaban J connectivity index is 0.00000110. The molecular formula is C15H19Cl2N3O. The number of pyridine rings is 1. The van der Waals surface area contributed by atoms with Crippen LogP contribution < -0.4 is 5.32 Å². The van der Waals surface area contributed by atoms with Crippen LogP contribution in [0.3, 0.4) is 0 Å². The molecule has 2 aromatic rings. The van der Waals surface area contributed by atoms with Crippen LogP contribution in [0.5, 0.6) is 0 Å². The molecule has 3 rings (SSSR count). The third-order valence-electron chi connectivity index (χ3n) is 3.70. The maximum Gasteiger partial charge on any atom is 0.272 e. The van der Waals surface area contributed by atoms with Crippen LogP contribution in [0.15, 0.2) is 36.4 Å². The highest BCUT2D eigenvalue weighted by Gasteiger charge is 2.26. The lowest BCUT2D eigenvalue weighted by molar-refractivity contribution is 0.0784. The molecule has 1 saturated heterocycles. The summed E-state index contributed by atoms with van der Waals surface area (Å²) < 4.78 is 0. The molecule has 1 aromatic heterocycles. The Morgan fingerprint density at radius 2 is 2.00 bits per heavy atom. The summed E-state index contributed by atoms with van der Waals surface area (Å²) in [7, 11) is 1.94. The molecule has 21 heavy (non-hydrogen) atoms. The maximum atomic E-state index is 12.4. The highest BCUT2D eigenvalue weighted by molar-refractivity contribution is 5.95. The summed E-state index contributed by atoms with van der Waals surface area (Å²) in [5, 5.41) is 4.28. The van der Waals surface area contributed by atoms with Gasteiger partial charge in [-0.15, -0.1) is 24.8 Å². The summed E-state index contributed by atoms with van der Waals surface area (Å²) in [6, 6.07) is 12.0. The summed E-state index contributed by atoms with van der Waals surface area (Å²) >= 11 is 0. The Labute approximate surface area is 136 Å². The van der Waals surface area contributed by atoms with Gasteiger partial charge in [-0.2, -0.15) is 0 Å². The second-order valence-electron chi connectivity index (χ2n) is 4.91. The van der Waals surface area contributed by atoms with Crippen molar-refractivity contribution in [2.75, 3.05) is 20.1 Å². The molecule has 0 aliphatic carbocycles. The predicted octanol–water partition coefficient (Wildman–Crippen LogP) is 2.51. The largest absolute Gasteiger partial charge is 0.336 e. The number of carbonyl (C=O) groups is 1. The number of likely N-dealkylation sites (N-methyl/N-ethyl adjacent to an activating group) is 1. The monoisotopic (exact) mass is 327 g/mol. The number of fused-ring (bicyclic) bond motifs is 1. The van der Waals surface area contributed by atoms with E-state index in [4.69, 9.17) is 0 Å². The van der Waals surface area contributed by atoms with Crippen LogP contribution in [0.2, 0.25) is 0 Å². The minimum absolute atomic E-state index is 0. The number of benzene rings is 1. The summed E-state index contributed by atoms with van der Waals surface area (Å²) in [5.41, 5.74) is 1.41. The molecule has 1 aliphatic rings. The summed E-state index contributed by atoms with van der Waals surface area (Å²) in [4.78, 5) is 18.7. The van der Waals surface area contributed by atoms with E-state index in [9.17, 15) is 4.79 Å².